The minimum Gasteiger partial charge on any atom is -0.353 e. The summed E-state index contributed by atoms with van der Waals surface area (Å²) < 4.78 is 0. The van der Waals surface area contributed by atoms with Crippen molar-refractivity contribution < 1.29 is 4.79 Å². The van der Waals surface area contributed by atoms with Gasteiger partial charge in [0.25, 0.3) is 0 Å². The molecule has 3 nitrogen and oxygen atoms in total. The maximum Gasteiger partial charge on any atom is 0.243 e. The number of rotatable bonds is 7. The second kappa shape index (κ2) is 7.56. The third kappa shape index (κ3) is 5.75. The Morgan fingerprint density at radius 1 is 1.57 bits per heavy atom. The Morgan fingerprint density at radius 3 is 2.64 bits per heavy atom. The first kappa shape index (κ1) is 13.2. The van der Waals surface area contributed by atoms with Gasteiger partial charge in [-0.25, -0.2) is 0 Å². The van der Waals surface area contributed by atoms with E-state index in [-0.39, 0.29) is 5.91 Å². The van der Waals surface area contributed by atoms with Crippen LogP contribution in [-0.4, -0.2) is 37.5 Å². The van der Waals surface area contributed by atoms with E-state index in [0.717, 1.165) is 25.8 Å². The topological polar surface area (TPSA) is 32.3 Å². The van der Waals surface area contributed by atoms with Gasteiger partial charge in [0.1, 0.15) is 0 Å². The minimum atomic E-state index is -0.0806. The zero-order valence-corrected chi connectivity index (χ0v) is 9.55. The fourth-order valence-corrected chi connectivity index (χ4v) is 1.45. The van der Waals surface area contributed by atoms with Crippen LogP contribution in [0.1, 0.15) is 26.2 Å². The highest BCUT2D eigenvalue weighted by Crippen LogP contribution is 2.06. The van der Waals surface area contributed by atoms with Crippen molar-refractivity contribution in [3.8, 4) is 0 Å². The molecule has 1 amide bonds. The third-order valence-corrected chi connectivity index (χ3v) is 2.40. The molecule has 0 radical (unpaired) electrons. The van der Waals surface area contributed by atoms with Crippen molar-refractivity contribution in [1.29, 1.82) is 0 Å². The summed E-state index contributed by atoms with van der Waals surface area (Å²) in [6.07, 6.45) is 4.61. The van der Waals surface area contributed by atoms with Crippen LogP contribution < -0.4 is 5.32 Å². The van der Waals surface area contributed by atoms with E-state index in [1.165, 1.54) is 6.08 Å². The van der Waals surface area contributed by atoms with Crippen molar-refractivity contribution >= 4 is 5.91 Å². The third-order valence-electron chi connectivity index (χ3n) is 2.40. The lowest BCUT2D eigenvalue weighted by atomic mass is 10.1. The first-order valence-corrected chi connectivity index (χ1v) is 5.18. The van der Waals surface area contributed by atoms with Gasteiger partial charge in [0.15, 0.2) is 0 Å². The Bertz CT molecular complexity index is 178. The number of nitrogens with zero attached hydrogens (tertiary/aromatic N) is 1. The van der Waals surface area contributed by atoms with Crippen LogP contribution in [0, 0.1) is 0 Å². The van der Waals surface area contributed by atoms with Crippen molar-refractivity contribution in [3.63, 3.8) is 0 Å². The summed E-state index contributed by atoms with van der Waals surface area (Å²) in [6.45, 7) is 6.33. The minimum absolute atomic E-state index is 0.0806. The Labute approximate surface area is 87.2 Å². The molecule has 14 heavy (non-hydrogen) atoms. The lowest BCUT2D eigenvalue weighted by Crippen LogP contribution is -2.29. The summed E-state index contributed by atoms with van der Waals surface area (Å²) in [5.41, 5.74) is 0. The molecule has 1 N–H and O–H groups in total. The van der Waals surface area contributed by atoms with Crippen LogP contribution in [0.2, 0.25) is 0 Å². The van der Waals surface area contributed by atoms with Gasteiger partial charge in [-0.2, -0.15) is 0 Å². The van der Waals surface area contributed by atoms with Crippen LogP contribution in [0.5, 0.6) is 0 Å². The van der Waals surface area contributed by atoms with Gasteiger partial charge in [0.2, 0.25) is 5.91 Å². The van der Waals surface area contributed by atoms with Crippen LogP contribution >= 0.6 is 0 Å². The van der Waals surface area contributed by atoms with Gasteiger partial charge >= 0.3 is 0 Å². The quantitative estimate of drug-likeness (QED) is 0.495. The Morgan fingerprint density at radius 2 is 2.21 bits per heavy atom. The van der Waals surface area contributed by atoms with E-state index in [0.29, 0.717) is 6.04 Å². The van der Waals surface area contributed by atoms with E-state index in [9.17, 15) is 4.79 Å². The summed E-state index contributed by atoms with van der Waals surface area (Å²) in [4.78, 5) is 13.1. The van der Waals surface area contributed by atoms with Crippen molar-refractivity contribution in [2.45, 2.75) is 32.2 Å². The molecule has 0 saturated carbocycles. The SMILES string of the molecule is C=CC(=O)NCCCC(CC)N(C)C. The predicted octanol–water partition coefficient (Wildman–Crippen LogP) is 1.41. The molecule has 0 aromatic rings. The predicted molar refractivity (Wildman–Crippen MR) is 60.2 cm³/mol. The molecule has 0 spiro atoms. The van der Waals surface area contributed by atoms with E-state index < -0.39 is 0 Å². The number of hydrogen-bond donors (Lipinski definition) is 1. The van der Waals surface area contributed by atoms with Crippen molar-refractivity contribution in [3.05, 3.63) is 12.7 Å². The molecule has 1 unspecified atom stereocenters. The molecule has 0 aliphatic heterocycles. The summed E-state index contributed by atoms with van der Waals surface area (Å²) in [5, 5.41) is 2.78. The van der Waals surface area contributed by atoms with Gasteiger partial charge in [0.05, 0.1) is 0 Å². The zero-order chi connectivity index (χ0) is 11.0. The molecule has 3 heteroatoms. The van der Waals surface area contributed by atoms with Gasteiger partial charge in [-0.15, -0.1) is 0 Å². The highest BCUT2D eigenvalue weighted by molar-refractivity contribution is 5.86. The highest BCUT2D eigenvalue weighted by Gasteiger charge is 2.07. The maximum atomic E-state index is 10.8. The number of carbonyl (C=O) groups is 1. The molecule has 0 rings (SSSR count). The summed E-state index contributed by atoms with van der Waals surface area (Å²) in [5.74, 6) is -0.0806. The van der Waals surface area contributed by atoms with Crippen LogP contribution in [0.15, 0.2) is 12.7 Å². The lowest BCUT2D eigenvalue weighted by Gasteiger charge is -2.22. The van der Waals surface area contributed by atoms with E-state index in [1.807, 2.05) is 0 Å². The molecule has 0 saturated heterocycles. The van der Waals surface area contributed by atoms with E-state index >= 15 is 0 Å². The number of amides is 1. The summed E-state index contributed by atoms with van der Waals surface area (Å²) >= 11 is 0. The van der Waals surface area contributed by atoms with Crippen molar-refractivity contribution in [2.75, 3.05) is 20.6 Å². The molecule has 0 heterocycles. The normalized spacial score (nSPS) is 12.6. The molecular weight excluding hydrogens is 176 g/mol. The lowest BCUT2D eigenvalue weighted by molar-refractivity contribution is -0.116. The van der Waals surface area contributed by atoms with Crippen LogP contribution in [0.3, 0.4) is 0 Å². The van der Waals surface area contributed by atoms with E-state index in [2.05, 4.69) is 37.8 Å². The van der Waals surface area contributed by atoms with Crippen LogP contribution in [-0.2, 0) is 4.79 Å². The molecule has 0 fully saturated rings. The van der Waals surface area contributed by atoms with E-state index in [1.54, 1.807) is 0 Å². The fourth-order valence-electron chi connectivity index (χ4n) is 1.45. The first-order chi connectivity index (χ1) is 6.61. The monoisotopic (exact) mass is 198 g/mol. The number of nitrogens with one attached hydrogen (secondary N) is 1. The molecule has 0 aliphatic carbocycles. The smallest absolute Gasteiger partial charge is 0.243 e. The molecular formula is C11H22N2O. The maximum absolute atomic E-state index is 10.8. The molecule has 0 aliphatic rings. The van der Waals surface area contributed by atoms with Gasteiger partial charge < -0.3 is 10.2 Å². The van der Waals surface area contributed by atoms with Gasteiger partial charge in [0, 0.05) is 12.6 Å². The zero-order valence-electron chi connectivity index (χ0n) is 9.55. The summed E-state index contributed by atoms with van der Waals surface area (Å²) in [6, 6.07) is 0.621. The second-order valence-electron chi connectivity index (χ2n) is 3.66. The van der Waals surface area contributed by atoms with Crippen LogP contribution in [0.25, 0.3) is 0 Å². The average molecular weight is 198 g/mol. The molecule has 0 bridgehead atoms. The molecule has 82 valence electrons. The van der Waals surface area contributed by atoms with E-state index in [4.69, 9.17) is 0 Å². The number of carbonyl (C=O) groups excluding carboxylic acids is 1. The van der Waals surface area contributed by atoms with Gasteiger partial charge in [-0.1, -0.05) is 13.5 Å². The largest absolute Gasteiger partial charge is 0.353 e. The average Bonchev–Trinajstić information content (AvgIpc) is 2.16. The summed E-state index contributed by atoms with van der Waals surface area (Å²) in [7, 11) is 4.19. The van der Waals surface area contributed by atoms with Crippen molar-refractivity contribution in [1.82, 2.24) is 10.2 Å². The van der Waals surface area contributed by atoms with Crippen molar-refractivity contribution in [2.24, 2.45) is 0 Å². The Kier molecular flexibility index (Phi) is 7.11. The molecule has 0 aromatic heterocycles. The standard InChI is InChI=1S/C11H22N2O/c1-5-10(13(3)4)8-7-9-12-11(14)6-2/h6,10H,2,5,7-9H2,1,3-4H3,(H,12,14). The Balaban J connectivity index is 3.51. The highest BCUT2D eigenvalue weighted by atomic mass is 16.1. The van der Waals surface area contributed by atoms with Crippen LogP contribution in [0.4, 0.5) is 0 Å². The van der Waals surface area contributed by atoms with Gasteiger partial charge in [-0.3, -0.25) is 4.79 Å². The first-order valence-electron chi connectivity index (χ1n) is 5.18. The van der Waals surface area contributed by atoms with Gasteiger partial charge in [-0.05, 0) is 39.4 Å². The molecule has 0 aromatic carbocycles. The molecule has 1 atom stereocenters. The Hall–Kier alpha value is -0.830. The second-order valence-corrected chi connectivity index (χ2v) is 3.66. The number of hydrogen-bond acceptors (Lipinski definition) is 2. The fraction of sp³-hybridized carbons (Fsp3) is 0.727.